The minimum absolute atomic E-state index is 0.0573. The summed E-state index contributed by atoms with van der Waals surface area (Å²) in [4.78, 5) is 29.8. The van der Waals surface area contributed by atoms with Gasteiger partial charge in [0.1, 0.15) is 23.5 Å². The van der Waals surface area contributed by atoms with E-state index in [1.165, 1.54) is 11.3 Å². The third-order valence-electron chi connectivity index (χ3n) is 5.45. The highest BCUT2D eigenvalue weighted by molar-refractivity contribution is 9.10. The first-order valence-electron chi connectivity index (χ1n) is 10.3. The topological polar surface area (TPSA) is 82.3 Å². The first-order valence-corrected chi connectivity index (χ1v) is 12.3. The highest BCUT2D eigenvalue weighted by atomic mass is 79.9. The van der Waals surface area contributed by atoms with Crippen molar-refractivity contribution in [3.05, 3.63) is 62.0 Å². The van der Waals surface area contributed by atoms with Gasteiger partial charge in [-0.2, -0.15) is 0 Å². The second-order valence-corrected chi connectivity index (χ2v) is 10.2. The van der Waals surface area contributed by atoms with E-state index in [1.807, 2.05) is 24.3 Å². The molecule has 32 heavy (non-hydrogen) atoms. The summed E-state index contributed by atoms with van der Waals surface area (Å²) in [6, 6.07) is 9.64. The van der Waals surface area contributed by atoms with Gasteiger partial charge in [0.05, 0.1) is 14.4 Å². The van der Waals surface area contributed by atoms with Crippen LogP contribution in [0.25, 0.3) is 10.4 Å². The van der Waals surface area contributed by atoms with Crippen LogP contribution in [0.1, 0.15) is 47.0 Å². The Labute approximate surface area is 204 Å². The van der Waals surface area contributed by atoms with Gasteiger partial charge in [-0.25, -0.2) is 4.98 Å². The molecule has 2 aromatic heterocycles. The lowest BCUT2D eigenvalue weighted by Gasteiger charge is -2.10. The van der Waals surface area contributed by atoms with E-state index in [0.717, 1.165) is 37.3 Å². The van der Waals surface area contributed by atoms with Crippen LogP contribution in [0.3, 0.4) is 0 Å². The van der Waals surface area contributed by atoms with Crippen molar-refractivity contribution < 1.29 is 14.3 Å². The molecule has 166 valence electrons. The maximum absolute atomic E-state index is 12.4. The van der Waals surface area contributed by atoms with E-state index >= 15 is 0 Å². The van der Waals surface area contributed by atoms with Crippen molar-refractivity contribution >= 4 is 56.3 Å². The molecule has 0 bridgehead atoms. The second kappa shape index (κ2) is 9.73. The fourth-order valence-electron chi connectivity index (χ4n) is 3.73. The van der Waals surface area contributed by atoms with Gasteiger partial charge in [-0.15, -0.1) is 11.3 Å². The average Bonchev–Trinajstić information content (AvgIpc) is 3.40. The van der Waals surface area contributed by atoms with Crippen LogP contribution in [0, 0.1) is 0 Å². The number of anilines is 1. The summed E-state index contributed by atoms with van der Waals surface area (Å²) in [5.74, 6) is 1.40. The van der Waals surface area contributed by atoms with Crippen molar-refractivity contribution in [2.75, 3.05) is 5.73 Å². The van der Waals surface area contributed by atoms with Crippen molar-refractivity contribution in [2.24, 2.45) is 0 Å². The molecule has 8 heteroatoms. The van der Waals surface area contributed by atoms with E-state index in [4.69, 9.17) is 22.1 Å². The van der Waals surface area contributed by atoms with Crippen LogP contribution in [0.15, 0.2) is 41.0 Å². The van der Waals surface area contributed by atoms with Gasteiger partial charge >= 0.3 is 0 Å². The number of carbonyl (C=O) groups is 2. The maximum Gasteiger partial charge on any atom is 0.169 e. The SMILES string of the molecule is CC(=O)c1ccc(-c2cc(Cl)c3c(c2)CC(CCC(=O)CCc2cnc(N)c(Br)c2)O3)s1. The van der Waals surface area contributed by atoms with Crippen molar-refractivity contribution in [1.29, 1.82) is 0 Å². The third kappa shape index (κ3) is 5.22. The zero-order valence-corrected chi connectivity index (χ0v) is 20.6. The first kappa shape index (κ1) is 23.0. The minimum Gasteiger partial charge on any atom is -0.488 e. The number of benzene rings is 1. The van der Waals surface area contributed by atoms with Gasteiger partial charge < -0.3 is 10.5 Å². The lowest BCUT2D eigenvalue weighted by molar-refractivity contribution is -0.119. The highest BCUT2D eigenvalue weighted by Gasteiger charge is 2.26. The Balaban J connectivity index is 1.33. The summed E-state index contributed by atoms with van der Waals surface area (Å²) < 4.78 is 6.80. The van der Waals surface area contributed by atoms with Gasteiger partial charge in [0.15, 0.2) is 5.78 Å². The van der Waals surface area contributed by atoms with Crippen LogP contribution < -0.4 is 10.5 Å². The number of hydrogen-bond acceptors (Lipinski definition) is 6. The van der Waals surface area contributed by atoms with Crippen molar-refractivity contribution in [3.8, 4) is 16.2 Å². The van der Waals surface area contributed by atoms with Crippen LogP contribution in [-0.4, -0.2) is 22.7 Å². The number of thiophene rings is 1. The van der Waals surface area contributed by atoms with Crippen LogP contribution in [0.2, 0.25) is 5.02 Å². The molecule has 3 heterocycles. The Bertz CT molecular complexity index is 1190. The van der Waals surface area contributed by atoms with E-state index < -0.39 is 0 Å². The largest absolute Gasteiger partial charge is 0.488 e. The van der Waals surface area contributed by atoms with Crippen LogP contribution in [0.4, 0.5) is 5.82 Å². The second-order valence-electron chi connectivity index (χ2n) is 7.90. The van der Waals surface area contributed by atoms with Gasteiger partial charge in [-0.05, 0) is 77.2 Å². The van der Waals surface area contributed by atoms with Crippen LogP contribution in [-0.2, 0) is 17.6 Å². The normalized spacial score (nSPS) is 14.8. The summed E-state index contributed by atoms with van der Waals surface area (Å²) >= 11 is 11.3. The molecule has 0 amide bonds. The van der Waals surface area contributed by atoms with E-state index in [0.29, 0.717) is 42.3 Å². The van der Waals surface area contributed by atoms with E-state index in [1.54, 1.807) is 13.1 Å². The molecular weight excluding hydrogens is 512 g/mol. The quantitative estimate of drug-likeness (QED) is 0.344. The number of rotatable bonds is 8. The third-order valence-corrected chi connectivity index (χ3v) is 7.61. The molecule has 1 aliphatic rings. The number of halogens is 2. The number of Topliss-reactive ketones (excluding diaryl/α,β-unsaturated/α-hetero) is 2. The molecule has 0 spiro atoms. The Kier molecular flexibility index (Phi) is 6.98. The van der Waals surface area contributed by atoms with Crippen LogP contribution >= 0.6 is 38.9 Å². The molecule has 1 aliphatic heterocycles. The van der Waals surface area contributed by atoms with E-state index in [-0.39, 0.29) is 17.7 Å². The molecule has 4 rings (SSSR count). The predicted molar refractivity (Wildman–Crippen MR) is 132 cm³/mol. The Morgan fingerprint density at radius 2 is 2.09 bits per heavy atom. The molecular formula is C24H22BrClN2O3S. The Hall–Kier alpha value is -2.22. The Morgan fingerprint density at radius 3 is 2.81 bits per heavy atom. The molecule has 2 N–H and O–H groups in total. The number of nitrogens with zero attached hydrogens (tertiary/aromatic N) is 1. The predicted octanol–water partition coefficient (Wildman–Crippen LogP) is 6.30. The molecule has 5 nitrogen and oxygen atoms in total. The number of ether oxygens (including phenoxy) is 1. The molecule has 0 radical (unpaired) electrons. The van der Waals surface area contributed by atoms with Crippen molar-refractivity contribution in [2.45, 2.75) is 45.1 Å². The maximum atomic E-state index is 12.4. The number of nitrogen functional groups attached to an aromatic ring is 1. The van der Waals surface area contributed by atoms with Crippen LogP contribution in [0.5, 0.6) is 5.75 Å². The fraction of sp³-hybridized carbons (Fsp3) is 0.292. The van der Waals surface area contributed by atoms with Gasteiger partial charge in [0.2, 0.25) is 0 Å². The summed E-state index contributed by atoms with van der Waals surface area (Å²) in [5.41, 5.74) is 8.70. The summed E-state index contributed by atoms with van der Waals surface area (Å²) in [5, 5.41) is 0.561. The minimum atomic E-state index is -0.0647. The smallest absolute Gasteiger partial charge is 0.169 e. The lowest BCUT2D eigenvalue weighted by atomic mass is 10.0. The number of aryl methyl sites for hydroxylation is 1. The molecule has 0 fully saturated rings. The number of fused-ring (bicyclic) bond motifs is 1. The van der Waals surface area contributed by atoms with Crippen molar-refractivity contribution in [3.63, 3.8) is 0 Å². The zero-order chi connectivity index (χ0) is 22.8. The summed E-state index contributed by atoms with van der Waals surface area (Å²) in [6.45, 7) is 1.57. The van der Waals surface area contributed by atoms with Gasteiger partial charge in [0, 0.05) is 35.9 Å². The number of pyridine rings is 1. The monoisotopic (exact) mass is 532 g/mol. The molecule has 0 saturated carbocycles. The summed E-state index contributed by atoms with van der Waals surface area (Å²) in [6.07, 6.45) is 4.56. The molecule has 1 aromatic carbocycles. The fourth-order valence-corrected chi connectivity index (χ4v) is 5.30. The van der Waals surface area contributed by atoms with Gasteiger partial charge in [-0.1, -0.05) is 11.6 Å². The number of nitrogens with two attached hydrogens (primary N) is 1. The van der Waals surface area contributed by atoms with E-state index in [9.17, 15) is 9.59 Å². The first-order chi connectivity index (χ1) is 15.3. The average molecular weight is 534 g/mol. The molecule has 0 saturated heterocycles. The van der Waals surface area contributed by atoms with E-state index in [2.05, 4.69) is 27.0 Å². The number of aromatic nitrogens is 1. The molecule has 0 aliphatic carbocycles. The standard InChI is InChI=1S/C24H22BrClN2O3S/c1-13(29)21-6-7-22(32-21)15-9-16-10-18(31-23(16)20(26)11-15)5-4-17(30)3-2-14-8-19(25)24(27)28-12-14/h6-9,11-12,18H,2-5,10H2,1H3,(H2,27,28). The lowest BCUT2D eigenvalue weighted by Crippen LogP contribution is -2.15. The Morgan fingerprint density at radius 1 is 1.28 bits per heavy atom. The molecule has 3 aromatic rings. The number of ketones is 2. The van der Waals surface area contributed by atoms with Gasteiger partial charge in [0.25, 0.3) is 0 Å². The summed E-state index contributed by atoms with van der Waals surface area (Å²) in [7, 11) is 0. The zero-order valence-electron chi connectivity index (χ0n) is 17.5. The molecule has 1 unspecified atom stereocenters. The number of hydrogen-bond donors (Lipinski definition) is 1. The number of carbonyl (C=O) groups excluding carboxylic acids is 2. The van der Waals surface area contributed by atoms with Crippen molar-refractivity contribution in [1.82, 2.24) is 4.98 Å². The highest BCUT2D eigenvalue weighted by Crippen LogP contribution is 2.41. The van der Waals surface area contributed by atoms with Gasteiger partial charge in [-0.3, -0.25) is 9.59 Å². The molecule has 1 atom stereocenters.